The Balaban J connectivity index is 1.95. The number of aliphatic hydroxyl groups is 2. The predicted molar refractivity (Wildman–Crippen MR) is 169 cm³/mol. The number of rotatable bonds is 12. The molecule has 0 fully saturated rings. The van der Waals surface area contributed by atoms with Gasteiger partial charge in [0, 0.05) is 41.0 Å². The summed E-state index contributed by atoms with van der Waals surface area (Å²) in [5.41, 5.74) is 3.36. The molecule has 1 heterocycles. The molecule has 0 saturated heterocycles. The number of methoxy groups -OCH3 is 2. The van der Waals surface area contributed by atoms with E-state index in [1.54, 1.807) is 59.2 Å². The number of aromatic nitrogens is 1. The van der Waals surface area contributed by atoms with Crippen LogP contribution in [0.3, 0.4) is 0 Å². The molecule has 0 saturated carbocycles. The van der Waals surface area contributed by atoms with E-state index in [1.807, 2.05) is 13.8 Å². The molecule has 0 aliphatic rings. The number of carbonyl (C=O) groups excluding carboxylic acids is 2. The molecule has 3 N–H and O–H groups in total. The number of amides is 1. The molecule has 0 spiro atoms. The van der Waals surface area contributed by atoms with Gasteiger partial charge >= 0.3 is 5.97 Å². The van der Waals surface area contributed by atoms with Crippen molar-refractivity contribution in [2.24, 2.45) is 0 Å². The Kier molecular flexibility index (Phi) is 10.9. The first-order valence-electron chi connectivity index (χ1n) is 14.4. The number of nitrogens with zero attached hydrogens (tertiary/aromatic N) is 1. The Morgan fingerprint density at radius 2 is 1.51 bits per heavy atom. The lowest BCUT2D eigenvalue weighted by molar-refractivity contribution is -0.143. The van der Waals surface area contributed by atoms with E-state index >= 15 is 0 Å². The van der Waals surface area contributed by atoms with Crippen molar-refractivity contribution in [3.8, 4) is 28.0 Å². The van der Waals surface area contributed by atoms with Crippen LogP contribution in [0.4, 0.5) is 14.5 Å². The third-order valence-electron chi connectivity index (χ3n) is 7.19. The van der Waals surface area contributed by atoms with Crippen molar-refractivity contribution in [1.82, 2.24) is 4.57 Å². The number of hydrogen-bond acceptors (Lipinski definition) is 6. The summed E-state index contributed by atoms with van der Waals surface area (Å²) in [6.45, 7) is 3.78. The fourth-order valence-corrected chi connectivity index (χ4v) is 5.15. The maximum absolute atomic E-state index is 14.2. The van der Waals surface area contributed by atoms with Crippen LogP contribution in [0.1, 0.15) is 48.9 Å². The molecule has 45 heavy (non-hydrogen) atoms. The van der Waals surface area contributed by atoms with Gasteiger partial charge in [-0.1, -0.05) is 36.4 Å². The van der Waals surface area contributed by atoms with Gasteiger partial charge in [0.05, 0.1) is 32.8 Å². The van der Waals surface area contributed by atoms with Gasteiger partial charge in [0.25, 0.3) is 5.91 Å². The summed E-state index contributed by atoms with van der Waals surface area (Å²) in [6, 6.07) is 18.1. The van der Waals surface area contributed by atoms with E-state index in [0.29, 0.717) is 39.4 Å². The Morgan fingerprint density at radius 1 is 0.911 bits per heavy atom. The van der Waals surface area contributed by atoms with Crippen LogP contribution in [0.25, 0.3) is 28.3 Å². The first-order valence-corrected chi connectivity index (χ1v) is 14.4. The molecule has 0 bridgehead atoms. The van der Waals surface area contributed by atoms with E-state index in [0.717, 1.165) is 0 Å². The minimum atomic E-state index is -1.16. The second kappa shape index (κ2) is 14.8. The Hall–Kier alpha value is -4.80. The van der Waals surface area contributed by atoms with Gasteiger partial charge < -0.3 is 29.6 Å². The zero-order valence-corrected chi connectivity index (χ0v) is 25.5. The summed E-state index contributed by atoms with van der Waals surface area (Å²) in [7, 11) is 2.73. The predicted octanol–water partition coefficient (Wildman–Crippen LogP) is 6.63. The quantitative estimate of drug-likeness (QED) is 0.154. The monoisotopic (exact) mass is 618 g/mol. The van der Waals surface area contributed by atoms with Crippen molar-refractivity contribution in [1.29, 1.82) is 0 Å². The second-order valence-corrected chi connectivity index (χ2v) is 10.7. The van der Waals surface area contributed by atoms with E-state index in [-0.39, 0.29) is 24.6 Å². The summed E-state index contributed by atoms with van der Waals surface area (Å²) in [6.07, 6.45) is 0.347. The number of carbonyl (C=O) groups is 2. The van der Waals surface area contributed by atoms with Crippen LogP contribution in [0.2, 0.25) is 0 Å². The molecule has 0 unspecified atom stereocenters. The van der Waals surface area contributed by atoms with Gasteiger partial charge in [-0.3, -0.25) is 9.59 Å². The fraction of sp³-hybridized carbons (Fsp3) is 0.257. The molecule has 1 aromatic heterocycles. The number of anilines is 1. The smallest absolute Gasteiger partial charge is 0.308 e. The number of ether oxygens (including phenoxy) is 2. The van der Waals surface area contributed by atoms with Crippen LogP contribution in [-0.2, 0) is 9.53 Å². The largest absolute Gasteiger partial charge is 0.497 e. The van der Waals surface area contributed by atoms with Crippen LogP contribution in [0.15, 0.2) is 78.9 Å². The normalized spacial score (nSPS) is 12.7. The maximum atomic E-state index is 14.2. The van der Waals surface area contributed by atoms with E-state index < -0.39 is 35.7 Å². The highest BCUT2D eigenvalue weighted by Gasteiger charge is 2.30. The molecule has 4 aromatic rings. The minimum absolute atomic E-state index is 0.145. The molecule has 8 nitrogen and oxygen atoms in total. The van der Waals surface area contributed by atoms with Crippen molar-refractivity contribution in [3.05, 3.63) is 102 Å². The average Bonchev–Trinajstić information content (AvgIpc) is 3.36. The van der Waals surface area contributed by atoms with Gasteiger partial charge in [-0.2, -0.15) is 0 Å². The van der Waals surface area contributed by atoms with E-state index in [1.165, 1.54) is 44.6 Å². The molecule has 4 rings (SSSR count). The highest BCUT2D eigenvalue weighted by atomic mass is 19.1. The van der Waals surface area contributed by atoms with Gasteiger partial charge in [0.2, 0.25) is 0 Å². The van der Waals surface area contributed by atoms with Gasteiger partial charge in [-0.25, -0.2) is 8.78 Å². The number of nitrogens with one attached hydrogen (secondary N) is 1. The number of hydrogen-bond donors (Lipinski definition) is 3. The molecule has 0 aliphatic carbocycles. The SMILES string of the molecule is COC(=O)C[C@H](O)C[C@H](O)/C=C/c1c(-c2ccc(F)cc2)c(-c2ccc(F)cc2)c(C(=O)Nc2cccc(OC)c2)n1C(C)C. The van der Waals surface area contributed by atoms with Crippen molar-refractivity contribution in [3.63, 3.8) is 0 Å². The highest BCUT2D eigenvalue weighted by molar-refractivity contribution is 6.12. The van der Waals surface area contributed by atoms with Gasteiger partial charge in [-0.15, -0.1) is 0 Å². The molecule has 3 aromatic carbocycles. The van der Waals surface area contributed by atoms with Crippen molar-refractivity contribution in [2.75, 3.05) is 19.5 Å². The fourth-order valence-electron chi connectivity index (χ4n) is 5.15. The number of aliphatic hydroxyl groups excluding tert-OH is 2. The summed E-state index contributed by atoms with van der Waals surface area (Å²) in [5, 5.41) is 24.0. The summed E-state index contributed by atoms with van der Waals surface area (Å²) in [4.78, 5) is 25.8. The summed E-state index contributed by atoms with van der Waals surface area (Å²) < 4.78 is 39.9. The van der Waals surface area contributed by atoms with Crippen LogP contribution in [-0.4, -0.2) is 53.1 Å². The molecule has 10 heteroatoms. The maximum Gasteiger partial charge on any atom is 0.308 e. The Morgan fingerprint density at radius 3 is 2.07 bits per heavy atom. The topological polar surface area (TPSA) is 110 Å². The average molecular weight is 619 g/mol. The lowest BCUT2D eigenvalue weighted by atomic mass is 9.94. The molecule has 2 atom stereocenters. The zero-order valence-electron chi connectivity index (χ0n) is 25.5. The van der Waals surface area contributed by atoms with E-state index in [4.69, 9.17) is 4.74 Å². The van der Waals surface area contributed by atoms with E-state index in [2.05, 4.69) is 10.1 Å². The summed E-state index contributed by atoms with van der Waals surface area (Å²) >= 11 is 0. The number of halogens is 2. The zero-order chi connectivity index (χ0) is 32.7. The van der Waals surface area contributed by atoms with Crippen LogP contribution < -0.4 is 10.1 Å². The van der Waals surface area contributed by atoms with Gasteiger partial charge in [0.1, 0.15) is 23.1 Å². The standard InChI is InChI=1S/C35H36F2N2O6/c1-21(2)39-30(17-16-27(40)19-28(41)20-31(42)45-4)32(22-8-12-24(36)13-9-22)33(23-10-14-25(37)15-11-23)34(39)35(43)38-26-6-5-7-29(18-26)44-3/h5-18,21,27-28,40-41H,19-20H2,1-4H3,(H,38,43)/b17-16+/t27-,28-/m1/s1. The molecule has 236 valence electrons. The number of esters is 1. The molecular formula is C35H36F2N2O6. The minimum Gasteiger partial charge on any atom is -0.497 e. The Labute approximate surface area is 260 Å². The van der Waals surface area contributed by atoms with Crippen LogP contribution in [0.5, 0.6) is 5.75 Å². The van der Waals surface area contributed by atoms with Crippen LogP contribution >= 0.6 is 0 Å². The first-order chi connectivity index (χ1) is 21.5. The highest BCUT2D eigenvalue weighted by Crippen LogP contribution is 2.43. The Bertz CT molecular complexity index is 1660. The third kappa shape index (κ3) is 8.03. The molecular weight excluding hydrogens is 582 g/mol. The summed E-state index contributed by atoms with van der Waals surface area (Å²) in [5.74, 6) is -1.44. The molecule has 1 amide bonds. The lowest BCUT2D eigenvalue weighted by Crippen LogP contribution is -2.20. The van der Waals surface area contributed by atoms with Crippen LogP contribution in [0, 0.1) is 11.6 Å². The van der Waals surface area contributed by atoms with Crippen molar-refractivity contribution in [2.45, 2.75) is 44.9 Å². The molecule has 0 radical (unpaired) electrons. The molecule has 0 aliphatic heterocycles. The lowest BCUT2D eigenvalue weighted by Gasteiger charge is -2.17. The van der Waals surface area contributed by atoms with Gasteiger partial charge in [0.15, 0.2) is 0 Å². The second-order valence-electron chi connectivity index (χ2n) is 10.7. The number of benzene rings is 3. The van der Waals surface area contributed by atoms with Gasteiger partial charge in [-0.05, 0) is 67.4 Å². The van der Waals surface area contributed by atoms with Crippen molar-refractivity contribution >= 4 is 23.6 Å². The third-order valence-corrected chi connectivity index (χ3v) is 7.19. The van der Waals surface area contributed by atoms with Crippen molar-refractivity contribution < 1.29 is 38.1 Å². The first kappa shape index (κ1) is 33.1. The van der Waals surface area contributed by atoms with E-state index in [9.17, 15) is 28.6 Å².